The van der Waals surface area contributed by atoms with E-state index in [2.05, 4.69) is 4.74 Å². The summed E-state index contributed by atoms with van der Waals surface area (Å²) in [5.41, 5.74) is -2.45. The number of hydrogen-bond acceptors (Lipinski definition) is 4. The van der Waals surface area contributed by atoms with Crippen LogP contribution in [0.5, 0.6) is 5.75 Å². The van der Waals surface area contributed by atoms with Crippen molar-refractivity contribution in [3.05, 3.63) is 28.1 Å². The molecule has 0 bridgehead atoms. The molecule has 0 unspecified atom stereocenters. The van der Waals surface area contributed by atoms with Gasteiger partial charge in [0.05, 0.1) is 12.0 Å². The molecule has 0 aromatic heterocycles. The van der Waals surface area contributed by atoms with Gasteiger partial charge in [0, 0.05) is 0 Å². The van der Waals surface area contributed by atoms with Crippen LogP contribution < -0.4 is 10.1 Å². The second kappa shape index (κ2) is 4.03. The predicted molar refractivity (Wildman–Crippen MR) is 44.3 cm³/mol. The fourth-order valence-electron chi connectivity index (χ4n) is 1.00. The number of hydrogen-bond donors (Lipinski definition) is 0. The van der Waals surface area contributed by atoms with Gasteiger partial charge in [-0.2, -0.15) is 4.39 Å². The largest absolute Gasteiger partial charge is 0.493 e. The first kappa shape index (κ1) is 11.1. The summed E-state index contributed by atoms with van der Waals surface area (Å²) >= 11 is 0. The zero-order valence-corrected chi connectivity index (χ0v) is 7.41. The molecule has 1 aromatic rings. The minimum Gasteiger partial charge on any atom is -0.493 e. The van der Waals surface area contributed by atoms with Crippen molar-refractivity contribution in [3.8, 4) is 5.75 Å². The van der Waals surface area contributed by atoms with Crippen LogP contribution in [0, 0.1) is 15.9 Å². The molecular formula is C7H5F3N2O3. The molecule has 0 amide bonds. The molecule has 0 radical (unpaired) electrons. The fraction of sp³-hybridized carbons (Fsp3) is 0.143. The van der Waals surface area contributed by atoms with E-state index in [0.29, 0.717) is 6.07 Å². The third kappa shape index (κ3) is 1.92. The summed E-state index contributed by atoms with van der Waals surface area (Å²) in [7, 11) is 1.07. The van der Waals surface area contributed by atoms with Gasteiger partial charge >= 0.3 is 5.69 Å². The van der Waals surface area contributed by atoms with Crippen molar-refractivity contribution in [2.45, 2.75) is 0 Å². The molecule has 1 aromatic carbocycles. The standard InChI is InChI=1S/C7H5F3N2O3/c1-15-5-3-2-4(11(9)10)7(6(5)8)12(13)14/h2-3H,1H3. The van der Waals surface area contributed by atoms with E-state index in [-0.39, 0.29) is 0 Å². The van der Waals surface area contributed by atoms with Gasteiger partial charge in [0.25, 0.3) is 0 Å². The van der Waals surface area contributed by atoms with Crippen LogP contribution in [0.4, 0.5) is 24.7 Å². The predicted octanol–water partition coefficient (Wildman–Crippen LogP) is 2.32. The fourth-order valence-corrected chi connectivity index (χ4v) is 1.00. The van der Waals surface area contributed by atoms with Crippen molar-refractivity contribution >= 4 is 11.4 Å². The Morgan fingerprint density at radius 1 is 1.47 bits per heavy atom. The molecule has 82 valence electrons. The number of nitro benzene ring substituents is 1. The molecule has 0 saturated carbocycles. The average molecular weight is 222 g/mol. The smallest absolute Gasteiger partial charge is 0.337 e. The Hall–Kier alpha value is -1.99. The molecule has 0 atom stereocenters. The first-order valence-electron chi connectivity index (χ1n) is 3.61. The Labute approximate surface area is 81.7 Å². The normalized spacial score (nSPS) is 9.87. The van der Waals surface area contributed by atoms with Gasteiger partial charge in [-0.05, 0) is 17.5 Å². The van der Waals surface area contributed by atoms with Crippen LogP contribution in [-0.2, 0) is 0 Å². The second-order valence-electron chi connectivity index (χ2n) is 2.44. The van der Waals surface area contributed by atoms with E-state index in [1.165, 1.54) is 0 Å². The molecule has 8 heteroatoms. The zero-order chi connectivity index (χ0) is 11.6. The topological polar surface area (TPSA) is 55.6 Å². The minimum atomic E-state index is -1.53. The van der Waals surface area contributed by atoms with E-state index < -0.39 is 33.2 Å². The zero-order valence-electron chi connectivity index (χ0n) is 7.41. The molecule has 15 heavy (non-hydrogen) atoms. The Morgan fingerprint density at radius 3 is 2.47 bits per heavy atom. The van der Waals surface area contributed by atoms with Gasteiger partial charge < -0.3 is 4.74 Å². The lowest BCUT2D eigenvalue weighted by atomic mass is 10.2. The number of methoxy groups -OCH3 is 1. The van der Waals surface area contributed by atoms with Gasteiger partial charge in [0.1, 0.15) is 0 Å². The van der Waals surface area contributed by atoms with E-state index in [4.69, 9.17) is 0 Å². The van der Waals surface area contributed by atoms with E-state index in [1.54, 1.807) is 0 Å². The first-order valence-corrected chi connectivity index (χ1v) is 3.61. The van der Waals surface area contributed by atoms with Gasteiger partial charge in [0.15, 0.2) is 11.4 Å². The molecule has 0 aliphatic heterocycles. The lowest BCUT2D eigenvalue weighted by molar-refractivity contribution is -0.387. The minimum absolute atomic E-state index is 0.465. The Morgan fingerprint density at radius 2 is 2.07 bits per heavy atom. The van der Waals surface area contributed by atoms with Crippen LogP contribution in [0.2, 0.25) is 0 Å². The highest BCUT2D eigenvalue weighted by Gasteiger charge is 2.28. The lowest BCUT2D eigenvalue weighted by Crippen LogP contribution is -2.04. The third-order valence-corrected chi connectivity index (χ3v) is 1.64. The number of nitrogens with zero attached hydrogens (tertiary/aromatic N) is 2. The van der Waals surface area contributed by atoms with Crippen molar-refractivity contribution in [1.82, 2.24) is 0 Å². The number of rotatable bonds is 3. The van der Waals surface area contributed by atoms with Crippen LogP contribution >= 0.6 is 0 Å². The van der Waals surface area contributed by atoms with E-state index in [0.717, 1.165) is 13.2 Å². The Bertz CT molecular complexity index is 397. The van der Waals surface area contributed by atoms with Crippen molar-refractivity contribution in [2.24, 2.45) is 0 Å². The molecular weight excluding hydrogens is 217 g/mol. The molecule has 0 aliphatic rings. The molecule has 0 saturated heterocycles. The molecule has 0 N–H and O–H groups in total. The molecule has 0 fully saturated rings. The van der Waals surface area contributed by atoms with Crippen LogP contribution in [0.3, 0.4) is 0 Å². The van der Waals surface area contributed by atoms with Crippen molar-refractivity contribution in [1.29, 1.82) is 0 Å². The highest BCUT2D eigenvalue weighted by Crippen LogP contribution is 2.36. The van der Waals surface area contributed by atoms with Crippen molar-refractivity contribution in [2.75, 3.05) is 12.5 Å². The van der Waals surface area contributed by atoms with Gasteiger partial charge in [-0.3, -0.25) is 10.1 Å². The summed E-state index contributed by atoms with van der Waals surface area (Å²) in [6.45, 7) is 0. The van der Waals surface area contributed by atoms with E-state index in [9.17, 15) is 23.5 Å². The summed E-state index contributed by atoms with van der Waals surface area (Å²) < 4.78 is 41.9. The number of ether oxygens (including phenoxy) is 1. The number of nitro groups is 1. The summed E-state index contributed by atoms with van der Waals surface area (Å²) in [6, 6.07) is 1.57. The third-order valence-electron chi connectivity index (χ3n) is 1.64. The number of halogens is 3. The Balaban J connectivity index is 3.44. The van der Waals surface area contributed by atoms with Crippen molar-refractivity contribution < 1.29 is 23.0 Å². The van der Waals surface area contributed by atoms with Crippen LogP contribution in [0.1, 0.15) is 0 Å². The van der Waals surface area contributed by atoms with Gasteiger partial charge in [0.2, 0.25) is 5.82 Å². The molecule has 0 spiro atoms. The van der Waals surface area contributed by atoms with Crippen molar-refractivity contribution in [3.63, 3.8) is 0 Å². The van der Waals surface area contributed by atoms with E-state index in [1.807, 2.05) is 0 Å². The molecule has 1 rings (SSSR count). The monoisotopic (exact) mass is 222 g/mol. The molecule has 0 heterocycles. The summed E-state index contributed by atoms with van der Waals surface area (Å²) in [5, 5.41) is 8.84. The second-order valence-corrected chi connectivity index (χ2v) is 2.44. The first-order chi connectivity index (χ1) is 6.99. The van der Waals surface area contributed by atoms with E-state index >= 15 is 0 Å². The van der Waals surface area contributed by atoms with Crippen LogP contribution in [0.25, 0.3) is 0 Å². The highest BCUT2D eigenvalue weighted by atomic mass is 19.4. The lowest BCUT2D eigenvalue weighted by Gasteiger charge is -2.06. The van der Waals surface area contributed by atoms with Crippen LogP contribution in [0.15, 0.2) is 12.1 Å². The average Bonchev–Trinajstić information content (AvgIpc) is 2.16. The summed E-state index contributed by atoms with van der Waals surface area (Å²) in [5.74, 6) is -1.90. The van der Waals surface area contributed by atoms with Gasteiger partial charge in [-0.25, -0.2) is 0 Å². The maximum absolute atomic E-state index is 13.2. The summed E-state index contributed by atoms with van der Waals surface area (Å²) in [6.07, 6.45) is 0. The molecule has 5 nitrogen and oxygen atoms in total. The van der Waals surface area contributed by atoms with Gasteiger partial charge in [-0.15, -0.1) is 0 Å². The summed E-state index contributed by atoms with van der Waals surface area (Å²) in [4.78, 5) is 9.13. The maximum atomic E-state index is 13.2. The maximum Gasteiger partial charge on any atom is 0.337 e. The number of anilines is 1. The quantitative estimate of drug-likeness (QED) is 0.447. The number of benzene rings is 1. The van der Waals surface area contributed by atoms with Crippen LogP contribution in [-0.4, -0.2) is 12.0 Å². The Kier molecular flexibility index (Phi) is 2.98. The SMILES string of the molecule is COc1ccc(N(F)F)c([N+](=O)[O-])c1F. The highest BCUT2D eigenvalue weighted by molar-refractivity contribution is 5.64. The van der Waals surface area contributed by atoms with Gasteiger partial charge in [-0.1, -0.05) is 8.96 Å². The molecule has 0 aliphatic carbocycles.